The summed E-state index contributed by atoms with van der Waals surface area (Å²) in [6, 6.07) is 11.9. The van der Waals surface area contributed by atoms with Crippen molar-refractivity contribution < 1.29 is 28.5 Å². The molecule has 34 heavy (non-hydrogen) atoms. The molecule has 0 saturated carbocycles. The van der Waals surface area contributed by atoms with Gasteiger partial charge in [-0.15, -0.1) is 0 Å². The highest BCUT2D eigenvalue weighted by molar-refractivity contribution is 5.88. The summed E-state index contributed by atoms with van der Waals surface area (Å²) in [6.07, 6.45) is 2.34. The van der Waals surface area contributed by atoms with E-state index in [2.05, 4.69) is 12.2 Å². The minimum absolute atomic E-state index is 0.166. The van der Waals surface area contributed by atoms with E-state index in [1.807, 2.05) is 31.2 Å². The Balaban J connectivity index is 2.22. The molecule has 0 saturated heterocycles. The van der Waals surface area contributed by atoms with Gasteiger partial charge in [-0.05, 0) is 30.5 Å². The summed E-state index contributed by atoms with van der Waals surface area (Å²) < 4.78 is 21.5. The lowest BCUT2D eigenvalue weighted by Crippen LogP contribution is -2.50. The maximum Gasteiger partial charge on any atom is 0.261 e. The van der Waals surface area contributed by atoms with E-state index >= 15 is 0 Å². The fourth-order valence-electron chi connectivity index (χ4n) is 3.45. The van der Waals surface area contributed by atoms with Crippen LogP contribution in [0.25, 0.3) is 0 Å². The Hall–Kier alpha value is -3.42. The molecule has 0 aliphatic rings. The van der Waals surface area contributed by atoms with Crippen LogP contribution in [0.2, 0.25) is 0 Å². The van der Waals surface area contributed by atoms with Crippen molar-refractivity contribution in [1.82, 2.24) is 10.2 Å². The summed E-state index contributed by atoms with van der Waals surface area (Å²) in [6.45, 7) is 4.58. The molecule has 0 unspecified atom stereocenters. The number of ether oxygens (including phenoxy) is 4. The van der Waals surface area contributed by atoms with Crippen LogP contribution in [0.3, 0.4) is 0 Å². The number of amides is 2. The van der Waals surface area contributed by atoms with Crippen molar-refractivity contribution in [2.45, 2.75) is 45.7 Å². The maximum atomic E-state index is 13.3. The van der Waals surface area contributed by atoms with Gasteiger partial charge in [-0.2, -0.15) is 0 Å². The Kier molecular flexibility index (Phi) is 11.0. The molecule has 8 nitrogen and oxygen atoms in total. The van der Waals surface area contributed by atoms with Crippen molar-refractivity contribution in [3.63, 3.8) is 0 Å². The standard InChI is InChI=1S/C26H36N2O6/c1-6-8-13-27-26(30)24(7-2)28(17-19-9-11-20(31-3)12-10-19)25(29)18-34-23-15-21(32-4)14-22(16-23)33-5/h9-12,14-16,24H,6-8,13,17-18H2,1-5H3,(H,27,30)/t24-/m0/s1. The quantitative estimate of drug-likeness (QED) is 0.421. The number of carbonyl (C=O) groups excluding carboxylic acids is 2. The molecule has 0 bridgehead atoms. The van der Waals surface area contributed by atoms with Crippen LogP contribution >= 0.6 is 0 Å². The number of hydrogen-bond donors (Lipinski definition) is 1. The van der Waals surface area contributed by atoms with Crippen molar-refractivity contribution >= 4 is 11.8 Å². The Labute approximate surface area is 202 Å². The van der Waals surface area contributed by atoms with E-state index in [-0.39, 0.29) is 25.0 Å². The Morgan fingerprint density at radius 2 is 1.47 bits per heavy atom. The van der Waals surface area contributed by atoms with Gasteiger partial charge in [0.25, 0.3) is 5.91 Å². The Morgan fingerprint density at radius 3 is 2.00 bits per heavy atom. The predicted molar refractivity (Wildman–Crippen MR) is 131 cm³/mol. The van der Waals surface area contributed by atoms with Crippen molar-refractivity contribution in [3.05, 3.63) is 48.0 Å². The van der Waals surface area contributed by atoms with Crippen LogP contribution in [0, 0.1) is 0 Å². The van der Waals surface area contributed by atoms with E-state index in [4.69, 9.17) is 18.9 Å². The lowest BCUT2D eigenvalue weighted by Gasteiger charge is -2.30. The van der Waals surface area contributed by atoms with Gasteiger partial charge >= 0.3 is 0 Å². The first kappa shape index (κ1) is 26.8. The normalized spacial score (nSPS) is 11.3. The highest BCUT2D eigenvalue weighted by atomic mass is 16.5. The van der Waals surface area contributed by atoms with E-state index in [1.54, 1.807) is 44.4 Å². The molecule has 2 amide bonds. The van der Waals surface area contributed by atoms with Crippen LogP contribution in [0.5, 0.6) is 23.0 Å². The lowest BCUT2D eigenvalue weighted by molar-refractivity contribution is -0.143. The van der Waals surface area contributed by atoms with Gasteiger partial charge in [-0.3, -0.25) is 9.59 Å². The highest BCUT2D eigenvalue weighted by Crippen LogP contribution is 2.27. The maximum absolute atomic E-state index is 13.3. The van der Waals surface area contributed by atoms with Crippen LogP contribution in [0.1, 0.15) is 38.7 Å². The third-order valence-electron chi connectivity index (χ3n) is 5.41. The Morgan fingerprint density at radius 1 is 0.882 bits per heavy atom. The second-order valence-corrected chi connectivity index (χ2v) is 7.78. The molecule has 2 aromatic carbocycles. The van der Waals surface area contributed by atoms with Gasteiger partial charge in [0, 0.05) is 31.3 Å². The monoisotopic (exact) mass is 472 g/mol. The molecule has 186 valence electrons. The fourth-order valence-corrected chi connectivity index (χ4v) is 3.45. The van der Waals surface area contributed by atoms with E-state index in [1.165, 1.54) is 0 Å². The number of nitrogens with zero attached hydrogens (tertiary/aromatic N) is 1. The average molecular weight is 473 g/mol. The molecule has 2 rings (SSSR count). The third-order valence-corrected chi connectivity index (χ3v) is 5.41. The molecule has 2 aromatic rings. The van der Waals surface area contributed by atoms with Gasteiger partial charge < -0.3 is 29.2 Å². The minimum atomic E-state index is -0.616. The first-order valence-corrected chi connectivity index (χ1v) is 11.5. The second kappa shape index (κ2) is 14.0. The summed E-state index contributed by atoms with van der Waals surface area (Å²) in [5, 5.41) is 2.95. The zero-order valence-electron chi connectivity index (χ0n) is 20.8. The van der Waals surface area contributed by atoms with Gasteiger partial charge in [0.15, 0.2) is 6.61 Å². The van der Waals surface area contributed by atoms with Gasteiger partial charge in [-0.1, -0.05) is 32.4 Å². The van der Waals surface area contributed by atoms with E-state index < -0.39 is 6.04 Å². The smallest absolute Gasteiger partial charge is 0.261 e. The molecule has 1 N–H and O–H groups in total. The number of benzene rings is 2. The van der Waals surface area contributed by atoms with E-state index in [9.17, 15) is 9.59 Å². The molecule has 0 radical (unpaired) electrons. The van der Waals surface area contributed by atoms with Crippen molar-refractivity contribution in [2.75, 3.05) is 34.5 Å². The van der Waals surface area contributed by atoms with Gasteiger partial charge in [-0.25, -0.2) is 0 Å². The minimum Gasteiger partial charge on any atom is -0.497 e. The van der Waals surface area contributed by atoms with Crippen LogP contribution < -0.4 is 24.3 Å². The van der Waals surface area contributed by atoms with Crippen molar-refractivity contribution in [2.24, 2.45) is 0 Å². The summed E-state index contributed by atoms with van der Waals surface area (Å²) in [7, 11) is 4.69. The molecule has 0 heterocycles. The number of carbonyl (C=O) groups is 2. The third kappa shape index (κ3) is 7.86. The van der Waals surface area contributed by atoms with Crippen LogP contribution in [-0.2, 0) is 16.1 Å². The zero-order chi connectivity index (χ0) is 24.9. The fraction of sp³-hybridized carbons (Fsp3) is 0.462. The zero-order valence-corrected chi connectivity index (χ0v) is 20.8. The highest BCUT2D eigenvalue weighted by Gasteiger charge is 2.29. The topological polar surface area (TPSA) is 86.3 Å². The molecular formula is C26H36N2O6. The van der Waals surface area contributed by atoms with Crippen LogP contribution in [-0.4, -0.2) is 57.2 Å². The predicted octanol–water partition coefficient (Wildman–Crippen LogP) is 3.81. The van der Waals surface area contributed by atoms with Crippen molar-refractivity contribution in [3.8, 4) is 23.0 Å². The molecule has 0 aliphatic heterocycles. The number of nitrogens with one attached hydrogen (secondary N) is 1. The molecular weight excluding hydrogens is 436 g/mol. The number of hydrogen-bond acceptors (Lipinski definition) is 6. The summed E-state index contributed by atoms with van der Waals surface area (Å²) in [4.78, 5) is 27.8. The molecule has 1 atom stereocenters. The van der Waals surface area contributed by atoms with Gasteiger partial charge in [0.05, 0.1) is 21.3 Å². The number of rotatable bonds is 14. The molecule has 8 heteroatoms. The first-order valence-electron chi connectivity index (χ1n) is 11.5. The number of methoxy groups -OCH3 is 3. The van der Waals surface area contributed by atoms with Crippen molar-refractivity contribution in [1.29, 1.82) is 0 Å². The molecule has 0 spiro atoms. The summed E-state index contributed by atoms with van der Waals surface area (Å²) >= 11 is 0. The first-order chi connectivity index (χ1) is 16.4. The summed E-state index contributed by atoms with van der Waals surface area (Å²) in [5.41, 5.74) is 0.886. The van der Waals surface area contributed by atoms with E-state index in [0.717, 1.165) is 24.2 Å². The number of unbranched alkanes of at least 4 members (excludes halogenated alkanes) is 1. The summed E-state index contributed by atoms with van der Waals surface area (Å²) in [5.74, 6) is 1.81. The van der Waals surface area contributed by atoms with Gasteiger partial charge in [0.2, 0.25) is 5.91 Å². The van der Waals surface area contributed by atoms with Crippen LogP contribution in [0.15, 0.2) is 42.5 Å². The Bertz CT molecular complexity index is 894. The largest absolute Gasteiger partial charge is 0.497 e. The molecule has 0 aliphatic carbocycles. The average Bonchev–Trinajstić information content (AvgIpc) is 2.87. The second-order valence-electron chi connectivity index (χ2n) is 7.78. The van der Waals surface area contributed by atoms with E-state index in [0.29, 0.717) is 30.2 Å². The van der Waals surface area contributed by atoms with Gasteiger partial charge in [0.1, 0.15) is 29.0 Å². The van der Waals surface area contributed by atoms with Crippen LogP contribution in [0.4, 0.5) is 0 Å². The SMILES string of the molecule is CCCCNC(=O)[C@H](CC)N(Cc1ccc(OC)cc1)C(=O)COc1cc(OC)cc(OC)c1. The molecule has 0 aromatic heterocycles. The molecule has 0 fully saturated rings. The lowest BCUT2D eigenvalue weighted by atomic mass is 10.1.